The summed E-state index contributed by atoms with van der Waals surface area (Å²) < 4.78 is 11.4. The van der Waals surface area contributed by atoms with E-state index in [4.69, 9.17) is 31.6 Å². The van der Waals surface area contributed by atoms with Crippen molar-refractivity contribution in [2.75, 3.05) is 32.7 Å². The Morgan fingerprint density at radius 3 is 2.59 bits per heavy atom. The molecule has 12 heteroatoms. The van der Waals surface area contributed by atoms with Gasteiger partial charge in [-0.1, -0.05) is 24.6 Å². The highest BCUT2D eigenvalue weighted by atomic mass is 35.5. The number of carboxylic acid groups (broad SMARTS) is 1. The number of rotatable bonds is 7. The Kier molecular flexibility index (Phi) is 13.2. The quantitative estimate of drug-likeness (QED) is 0.184. The highest BCUT2D eigenvalue weighted by Crippen LogP contribution is 2.30. The molecule has 2 saturated heterocycles. The number of aromatic amines is 1. The number of carbonyl (C=O) groups is 1. The molecule has 2 aliphatic rings. The van der Waals surface area contributed by atoms with Crippen LogP contribution in [0.25, 0.3) is 21.9 Å². The van der Waals surface area contributed by atoms with E-state index < -0.39 is 5.97 Å². The van der Waals surface area contributed by atoms with Crippen molar-refractivity contribution < 1.29 is 24.2 Å². The third-order valence-corrected chi connectivity index (χ3v) is 8.76. The maximum absolute atomic E-state index is 11.1. The fraction of sp³-hybridized carbons (Fsp3) is 0.469. The van der Waals surface area contributed by atoms with Gasteiger partial charge in [-0.25, -0.2) is 4.79 Å². The van der Waals surface area contributed by atoms with E-state index >= 15 is 0 Å². The van der Waals surface area contributed by atoms with E-state index in [1.807, 2.05) is 24.3 Å². The highest BCUT2D eigenvalue weighted by molar-refractivity contribution is 6.31. The first-order chi connectivity index (χ1) is 20.2. The molecular formula is C32H43Cl3N4O5. The van der Waals surface area contributed by atoms with Crippen molar-refractivity contribution in [1.82, 2.24) is 14.8 Å². The number of nitrogens with zero attached hydrogens (tertiary/aromatic N) is 2. The molecule has 0 spiro atoms. The molecule has 242 valence electrons. The monoisotopic (exact) mass is 668 g/mol. The highest BCUT2D eigenvalue weighted by Gasteiger charge is 2.28. The molecule has 2 fully saturated rings. The zero-order valence-electron chi connectivity index (χ0n) is 25.1. The van der Waals surface area contributed by atoms with Crippen molar-refractivity contribution in [1.29, 1.82) is 0 Å². The minimum Gasteiger partial charge on any atom is -0.488 e. The van der Waals surface area contributed by atoms with Gasteiger partial charge in [0, 0.05) is 58.6 Å². The van der Waals surface area contributed by atoms with Gasteiger partial charge in [-0.2, -0.15) is 0 Å². The van der Waals surface area contributed by atoms with Gasteiger partial charge in [-0.3, -0.25) is 4.90 Å². The summed E-state index contributed by atoms with van der Waals surface area (Å²) in [6.07, 6.45) is 4.75. The van der Waals surface area contributed by atoms with Gasteiger partial charge in [0.25, 0.3) is 0 Å². The Balaban J connectivity index is 0.000000239. The van der Waals surface area contributed by atoms with Crippen LogP contribution in [0.1, 0.15) is 49.2 Å². The fourth-order valence-corrected chi connectivity index (χ4v) is 6.05. The van der Waals surface area contributed by atoms with Crippen LogP contribution in [0.15, 0.2) is 53.1 Å². The van der Waals surface area contributed by atoms with Crippen LogP contribution in [0.5, 0.6) is 5.75 Å². The van der Waals surface area contributed by atoms with Gasteiger partial charge in [0.2, 0.25) is 0 Å². The number of carboxylic acids is 1. The number of likely N-dealkylation sites (tertiary alicyclic amines) is 2. The summed E-state index contributed by atoms with van der Waals surface area (Å²) in [6, 6.07) is 13.4. The molecule has 4 aromatic rings. The number of piperidine rings is 2. The number of hydrogen-bond acceptors (Lipinski definition) is 7. The number of aromatic nitrogens is 1. The standard InChI is InChI=1S/C18H12ClNO4.C14H29N3O.2ClH/c19-11-4-5-17-12(6-11)10(9-24-17)8-23-16-3-1-2-14-13(16)7-15(20-14)18(21)22;1-11-9-17(8-5-14(11)18)12(2)10-16-6-3-13(15)4-7-16;;/h1-7,9,20H,8H2,(H,21,22);11-14,18H,3-10,15H2,1-2H3;2*1H/t;11-,12-,14-;;/m.0../s1. The van der Waals surface area contributed by atoms with Crippen molar-refractivity contribution in [3.8, 4) is 5.75 Å². The number of nitrogens with two attached hydrogens (primary N) is 1. The van der Waals surface area contributed by atoms with Gasteiger partial charge in [-0.15, -0.1) is 24.8 Å². The lowest BCUT2D eigenvalue weighted by molar-refractivity contribution is 0.0119. The van der Waals surface area contributed by atoms with E-state index in [1.165, 1.54) is 0 Å². The van der Waals surface area contributed by atoms with E-state index in [1.54, 1.807) is 24.5 Å². The molecule has 0 radical (unpaired) electrons. The number of benzene rings is 2. The largest absolute Gasteiger partial charge is 0.488 e. The molecule has 2 aliphatic heterocycles. The molecule has 0 saturated carbocycles. The first-order valence-corrected chi connectivity index (χ1v) is 15.1. The van der Waals surface area contributed by atoms with Crippen LogP contribution in [0, 0.1) is 5.92 Å². The number of aliphatic hydroxyl groups excluding tert-OH is 1. The number of ether oxygens (including phenoxy) is 1. The molecule has 44 heavy (non-hydrogen) atoms. The summed E-state index contributed by atoms with van der Waals surface area (Å²) >= 11 is 6.03. The predicted octanol–water partition coefficient (Wildman–Crippen LogP) is 6.19. The SMILES string of the molecule is C[C@H]1CN([C@@H](C)CN2CCC(N)CC2)CC[C@@H]1O.Cl.Cl.O=C(O)c1cc2c(OCc3coc4ccc(Cl)cc34)cccc2[nH]1. The molecule has 2 aromatic heterocycles. The van der Waals surface area contributed by atoms with Gasteiger partial charge < -0.3 is 35.0 Å². The zero-order chi connectivity index (χ0) is 29.8. The third kappa shape index (κ3) is 8.81. The summed E-state index contributed by atoms with van der Waals surface area (Å²) in [5, 5.41) is 21.1. The number of halogens is 3. The van der Waals surface area contributed by atoms with E-state index in [0.29, 0.717) is 40.9 Å². The van der Waals surface area contributed by atoms with Crippen LogP contribution in [0.4, 0.5) is 0 Å². The number of aliphatic hydroxyl groups is 1. The van der Waals surface area contributed by atoms with Gasteiger partial charge >= 0.3 is 5.97 Å². The molecule has 0 amide bonds. The van der Waals surface area contributed by atoms with Gasteiger partial charge in [0.15, 0.2) is 0 Å². The Morgan fingerprint density at radius 1 is 1.14 bits per heavy atom. The van der Waals surface area contributed by atoms with E-state index in [2.05, 4.69) is 28.6 Å². The van der Waals surface area contributed by atoms with E-state index in [-0.39, 0.29) is 36.6 Å². The second kappa shape index (κ2) is 16.2. The van der Waals surface area contributed by atoms with Crippen LogP contribution in [0.3, 0.4) is 0 Å². The van der Waals surface area contributed by atoms with E-state index in [0.717, 1.165) is 73.9 Å². The lowest BCUT2D eigenvalue weighted by Gasteiger charge is -2.41. The Labute approximate surface area is 275 Å². The average molecular weight is 670 g/mol. The Morgan fingerprint density at radius 2 is 1.89 bits per heavy atom. The molecule has 9 nitrogen and oxygen atoms in total. The topological polar surface area (TPSA) is 128 Å². The minimum absolute atomic E-state index is 0. The molecular weight excluding hydrogens is 627 g/mol. The lowest BCUT2D eigenvalue weighted by atomic mass is 9.95. The number of nitrogens with one attached hydrogen (secondary N) is 1. The van der Waals surface area contributed by atoms with Crippen LogP contribution in [-0.2, 0) is 6.61 Å². The minimum atomic E-state index is -1.01. The maximum atomic E-state index is 11.1. The first-order valence-electron chi connectivity index (χ1n) is 14.7. The third-order valence-electron chi connectivity index (χ3n) is 8.52. The number of hydrogen-bond donors (Lipinski definition) is 4. The fourth-order valence-electron chi connectivity index (χ4n) is 5.88. The van der Waals surface area contributed by atoms with Crippen molar-refractivity contribution in [3.63, 3.8) is 0 Å². The molecule has 0 aliphatic carbocycles. The number of aromatic carboxylic acids is 1. The molecule has 2 aromatic carbocycles. The van der Waals surface area contributed by atoms with Crippen LogP contribution in [-0.4, -0.2) is 81.9 Å². The summed E-state index contributed by atoms with van der Waals surface area (Å²) in [7, 11) is 0. The summed E-state index contributed by atoms with van der Waals surface area (Å²) in [4.78, 5) is 19.0. The second-order valence-corrected chi connectivity index (χ2v) is 12.1. The maximum Gasteiger partial charge on any atom is 0.352 e. The number of H-pyrrole nitrogens is 1. The Hall–Kier alpha value is -2.50. The van der Waals surface area contributed by atoms with Crippen molar-refractivity contribution in [3.05, 3.63) is 65.0 Å². The smallest absolute Gasteiger partial charge is 0.352 e. The Bertz CT molecular complexity index is 1500. The van der Waals surface area contributed by atoms with E-state index in [9.17, 15) is 9.90 Å². The molecule has 4 heterocycles. The van der Waals surface area contributed by atoms with Gasteiger partial charge in [0.05, 0.1) is 12.4 Å². The molecule has 6 rings (SSSR count). The molecule has 0 bridgehead atoms. The van der Waals surface area contributed by atoms with Crippen LogP contribution in [0.2, 0.25) is 5.02 Å². The summed E-state index contributed by atoms with van der Waals surface area (Å²) in [5.74, 6) is 0.0104. The zero-order valence-corrected chi connectivity index (χ0v) is 27.5. The van der Waals surface area contributed by atoms with Gasteiger partial charge in [-0.05, 0) is 81.6 Å². The van der Waals surface area contributed by atoms with Crippen LogP contribution >= 0.6 is 36.4 Å². The first kappa shape index (κ1) is 36.0. The van der Waals surface area contributed by atoms with Crippen LogP contribution < -0.4 is 10.5 Å². The van der Waals surface area contributed by atoms with Crippen molar-refractivity contribution in [2.24, 2.45) is 11.7 Å². The number of furan rings is 1. The molecule has 3 atom stereocenters. The molecule has 0 unspecified atom stereocenters. The lowest BCUT2D eigenvalue weighted by Crippen LogP contribution is -2.51. The number of fused-ring (bicyclic) bond motifs is 2. The normalized spacial score (nSPS) is 20.3. The van der Waals surface area contributed by atoms with Gasteiger partial charge in [0.1, 0.15) is 23.6 Å². The molecule has 5 N–H and O–H groups in total. The summed E-state index contributed by atoms with van der Waals surface area (Å²) in [5.41, 5.74) is 8.39. The summed E-state index contributed by atoms with van der Waals surface area (Å²) in [6.45, 7) is 10.3. The second-order valence-electron chi connectivity index (χ2n) is 11.7. The average Bonchev–Trinajstić information content (AvgIpc) is 3.59. The van der Waals surface area contributed by atoms with Crippen molar-refractivity contribution in [2.45, 2.75) is 57.9 Å². The van der Waals surface area contributed by atoms with Crippen molar-refractivity contribution >= 4 is 64.3 Å². The predicted molar refractivity (Wildman–Crippen MR) is 180 cm³/mol.